The molecule has 0 saturated heterocycles. The second-order valence-electron chi connectivity index (χ2n) is 6.89. The summed E-state index contributed by atoms with van der Waals surface area (Å²) in [6.45, 7) is 2.00. The van der Waals surface area contributed by atoms with Gasteiger partial charge in [0.25, 0.3) is 0 Å². The van der Waals surface area contributed by atoms with Crippen LogP contribution in [-0.4, -0.2) is 42.4 Å². The van der Waals surface area contributed by atoms with E-state index in [1.807, 2.05) is 42.5 Å². The Morgan fingerprint density at radius 2 is 1.93 bits per heavy atom. The summed E-state index contributed by atoms with van der Waals surface area (Å²) in [6, 6.07) is 13.9. The van der Waals surface area contributed by atoms with E-state index in [2.05, 4.69) is 4.90 Å². The van der Waals surface area contributed by atoms with E-state index < -0.39 is 6.10 Å². The highest BCUT2D eigenvalue weighted by atomic mass is 35.5. The molecule has 1 atom stereocenters. The number of nitrogens with zero attached hydrogens (tertiary/aromatic N) is 1. The Morgan fingerprint density at radius 3 is 2.63 bits per heavy atom. The van der Waals surface area contributed by atoms with Crippen molar-refractivity contribution in [3.63, 3.8) is 0 Å². The second kappa shape index (κ2) is 9.76. The highest BCUT2D eigenvalue weighted by Gasteiger charge is 2.30. The summed E-state index contributed by atoms with van der Waals surface area (Å²) in [5, 5.41) is 11.6. The zero-order valence-electron chi connectivity index (χ0n) is 15.4. The van der Waals surface area contributed by atoms with Gasteiger partial charge < -0.3 is 14.6 Å². The number of hydrogen-bond acceptors (Lipinski definition) is 4. The van der Waals surface area contributed by atoms with Crippen molar-refractivity contribution in [3.05, 3.63) is 63.6 Å². The van der Waals surface area contributed by atoms with Crippen LogP contribution in [0.1, 0.15) is 24.0 Å². The predicted octanol–water partition coefficient (Wildman–Crippen LogP) is 4.54. The Morgan fingerprint density at radius 1 is 1.15 bits per heavy atom. The van der Waals surface area contributed by atoms with Crippen LogP contribution in [0.5, 0.6) is 5.75 Å². The Kier molecular flexibility index (Phi) is 7.39. The standard InChI is InChI=1S/C21H25Cl2NO3/c1-26-21-5-3-2-4-16(21)13-27-14-18(25)12-24(17-7-8-17)11-15-6-9-19(22)20(23)10-15/h2-6,9-10,17-18,25H,7-8,11-14H2,1H3. The van der Waals surface area contributed by atoms with Crippen LogP contribution in [0.15, 0.2) is 42.5 Å². The molecule has 1 aliphatic carbocycles. The van der Waals surface area contributed by atoms with Crippen molar-refractivity contribution >= 4 is 23.2 Å². The lowest BCUT2D eigenvalue weighted by Crippen LogP contribution is -2.36. The quantitative estimate of drug-likeness (QED) is 0.624. The fraction of sp³-hybridized carbons (Fsp3) is 0.429. The first-order valence-corrected chi connectivity index (χ1v) is 9.88. The van der Waals surface area contributed by atoms with Gasteiger partial charge in [0.05, 0.1) is 36.5 Å². The third-order valence-corrected chi connectivity index (χ3v) is 5.38. The number of para-hydroxylation sites is 1. The molecule has 1 saturated carbocycles. The Balaban J connectivity index is 1.50. The highest BCUT2D eigenvalue weighted by Crippen LogP contribution is 2.30. The lowest BCUT2D eigenvalue weighted by Gasteiger charge is -2.25. The van der Waals surface area contributed by atoms with Crippen molar-refractivity contribution in [1.29, 1.82) is 0 Å². The van der Waals surface area contributed by atoms with Crippen molar-refractivity contribution in [1.82, 2.24) is 4.90 Å². The normalized spacial score (nSPS) is 15.1. The summed E-state index contributed by atoms with van der Waals surface area (Å²) in [4.78, 5) is 2.29. The van der Waals surface area contributed by atoms with Crippen LogP contribution in [0.3, 0.4) is 0 Å². The summed E-state index contributed by atoms with van der Waals surface area (Å²) in [6.07, 6.45) is 1.77. The van der Waals surface area contributed by atoms with Gasteiger partial charge in [0, 0.05) is 24.7 Å². The molecular formula is C21H25Cl2NO3. The minimum atomic E-state index is -0.553. The number of benzene rings is 2. The first-order valence-electron chi connectivity index (χ1n) is 9.12. The number of halogens is 2. The molecule has 6 heteroatoms. The van der Waals surface area contributed by atoms with Gasteiger partial charge >= 0.3 is 0 Å². The van der Waals surface area contributed by atoms with Crippen LogP contribution in [0.2, 0.25) is 10.0 Å². The average Bonchev–Trinajstić information content (AvgIpc) is 3.50. The molecule has 0 heterocycles. The molecule has 1 N–H and O–H groups in total. The van der Waals surface area contributed by atoms with Gasteiger partial charge in [0.2, 0.25) is 0 Å². The van der Waals surface area contributed by atoms with Gasteiger partial charge in [-0.05, 0) is 36.6 Å². The minimum Gasteiger partial charge on any atom is -0.496 e. The Hall–Kier alpha value is -1.30. The molecule has 0 aromatic heterocycles. The van der Waals surface area contributed by atoms with E-state index in [9.17, 15) is 5.11 Å². The fourth-order valence-corrected chi connectivity index (χ4v) is 3.43. The maximum absolute atomic E-state index is 10.4. The fourth-order valence-electron chi connectivity index (χ4n) is 3.11. The lowest BCUT2D eigenvalue weighted by molar-refractivity contribution is 0.00659. The molecule has 4 nitrogen and oxygen atoms in total. The van der Waals surface area contributed by atoms with E-state index in [-0.39, 0.29) is 6.61 Å². The second-order valence-corrected chi connectivity index (χ2v) is 7.70. The minimum absolute atomic E-state index is 0.280. The van der Waals surface area contributed by atoms with Crippen LogP contribution in [-0.2, 0) is 17.9 Å². The molecule has 0 amide bonds. The van der Waals surface area contributed by atoms with E-state index in [1.165, 1.54) is 0 Å². The number of ether oxygens (including phenoxy) is 2. The molecule has 1 unspecified atom stereocenters. The monoisotopic (exact) mass is 409 g/mol. The van der Waals surface area contributed by atoms with Crippen LogP contribution >= 0.6 is 23.2 Å². The first-order chi connectivity index (χ1) is 13.1. The molecule has 0 aliphatic heterocycles. The van der Waals surface area contributed by atoms with Crippen molar-refractivity contribution < 1.29 is 14.6 Å². The maximum atomic E-state index is 10.4. The third kappa shape index (κ3) is 6.09. The molecule has 1 aliphatic rings. The number of hydrogen-bond donors (Lipinski definition) is 1. The van der Waals surface area contributed by atoms with Crippen LogP contribution in [0, 0.1) is 0 Å². The number of methoxy groups -OCH3 is 1. The van der Waals surface area contributed by atoms with E-state index in [0.717, 1.165) is 36.3 Å². The largest absolute Gasteiger partial charge is 0.496 e. The number of aliphatic hydroxyl groups excluding tert-OH is 1. The van der Waals surface area contributed by atoms with Crippen molar-refractivity contribution in [3.8, 4) is 5.75 Å². The molecule has 2 aromatic carbocycles. The smallest absolute Gasteiger partial charge is 0.124 e. The van der Waals surface area contributed by atoms with Crippen LogP contribution < -0.4 is 4.74 Å². The summed E-state index contributed by atoms with van der Waals surface area (Å²) in [5.41, 5.74) is 2.07. The average molecular weight is 410 g/mol. The van der Waals surface area contributed by atoms with Crippen molar-refractivity contribution in [2.45, 2.75) is 38.1 Å². The van der Waals surface area contributed by atoms with E-state index in [1.54, 1.807) is 7.11 Å². The SMILES string of the molecule is COc1ccccc1COCC(O)CN(Cc1ccc(Cl)c(Cl)c1)C1CC1. The molecule has 27 heavy (non-hydrogen) atoms. The molecule has 146 valence electrons. The summed E-state index contributed by atoms with van der Waals surface area (Å²) < 4.78 is 11.0. The van der Waals surface area contributed by atoms with Gasteiger partial charge in [-0.2, -0.15) is 0 Å². The van der Waals surface area contributed by atoms with Crippen LogP contribution in [0.25, 0.3) is 0 Å². The maximum Gasteiger partial charge on any atom is 0.124 e. The zero-order chi connectivity index (χ0) is 19.2. The van der Waals surface area contributed by atoms with Crippen LogP contribution in [0.4, 0.5) is 0 Å². The molecule has 1 fully saturated rings. The lowest BCUT2D eigenvalue weighted by atomic mass is 10.2. The zero-order valence-corrected chi connectivity index (χ0v) is 16.9. The van der Waals surface area contributed by atoms with E-state index in [0.29, 0.717) is 29.2 Å². The Labute approximate surface area is 170 Å². The topological polar surface area (TPSA) is 41.9 Å². The molecule has 2 aromatic rings. The summed E-state index contributed by atoms with van der Waals surface area (Å²) >= 11 is 12.1. The molecule has 0 spiro atoms. The highest BCUT2D eigenvalue weighted by molar-refractivity contribution is 6.42. The molecule has 0 radical (unpaired) electrons. The van der Waals surface area contributed by atoms with Crippen molar-refractivity contribution in [2.24, 2.45) is 0 Å². The summed E-state index contributed by atoms with van der Waals surface area (Å²) in [5.74, 6) is 0.797. The Bertz CT molecular complexity index is 752. The van der Waals surface area contributed by atoms with Gasteiger partial charge in [0.1, 0.15) is 5.75 Å². The number of aliphatic hydroxyl groups is 1. The van der Waals surface area contributed by atoms with Crippen molar-refractivity contribution in [2.75, 3.05) is 20.3 Å². The summed E-state index contributed by atoms with van der Waals surface area (Å²) in [7, 11) is 1.64. The van der Waals surface area contributed by atoms with E-state index >= 15 is 0 Å². The van der Waals surface area contributed by atoms with Gasteiger partial charge in [-0.3, -0.25) is 4.90 Å². The molecule has 0 bridgehead atoms. The third-order valence-electron chi connectivity index (χ3n) is 4.64. The molecular weight excluding hydrogens is 385 g/mol. The van der Waals surface area contributed by atoms with Gasteiger partial charge in [0.15, 0.2) is 0 Å². The van der Waals surface area contributed by atoms with Gasteiger partial charge in [-0.1, -0.05) is 47.5 Å². The first kappa shape index (κ1) is 20.4. The number of rotatable bonds is 10. The molecule has 3 rings (SSSR count). The van der Waals surface area contributed by atoms with Gasteiger partial charge in [-0.15, -0.1) is 0 Å². The van der Waals surface area contributed by atoms with Gasteiger partial charge in [-0.25, -0.2) is 0 Å². The van der Waals surface area contributed by atoms with E-state index in [4.69, 9.17) is 32.7 Å². The predicted molar refractivity (Wildman–Crippen MR) is 109 cm³/mol.